The highest BCUT2D eigenvalue weighted by Gasteiger charge is 2.36. The predicted octanol–water partition coefficient (Wildman–Crippen LogP) is 4.84. The van der Waals surface area contributed by atoms with Crippen LogP contribution >= 0.6 is 0 Å². The van der Waals surface area contributed by atoms with Crippen LogP contribution in [0.4, 0.5) is 18.9 Å². The SMILES string of the molecule is CC1CN(c2ccc(C(F)(F)F)cc2)C(=O)c2c(-c3cc(-c4ccccn4)no3)cnn21. The number of aromatic nitrogens is 4. The fourth-order valence-corrected chi connectivity index (χ4v) is 3.73. The molecule has 162 valence electrons. The summed E-state index contributed by atoms with van der Waals surface area (Å²) >= 11 is 0. The number of nitrogens with zero attached hydrogens (tertiary/aromatic N) is 5. The zero-order valence-corrected chi connectivity index (χ0v) is 16.7. The highest BCUT2D eigenvalue weighted by atomic mass is 19.4. The second-order valence-corrected chi connectivity index (χ2v) is 7.45. The van der Waals surface area contributed by atoms with Gasteiger partial charge in [-0.1, -0.05) is 11.2 Å². The number of anilines is 1. The van der Waals surface area contributed by atoms with Gasteiger partial charge in [0.05, 0.1) is 29.1 Å². The van der Waals surface area contributed by atoms with Crippen molar-refractivity contribution < 1.29 is 22.5 Å². The maximum absolute atomic E-state index is 13.3. The number of pyridine rings is 1. The molecule has 0 bridgehead atoms. The summed E-state index contributed by atoms with van der Waals surface area (Å²) in [6.07, 6.45) is -1.28. The van der Waals surface area contributed by atoms with E-state index >= 15 is 0 Å². The van der Waals surface area contributed by atoms with Crippen molar-refractivity contribution in [3.8, 4) is 22.7 Å². The summed E-state index contributed by atoms with van der Waals surface area (Å²) in [5.41, 5.74) is 1.47. The van der Waals surface area contributed by atoms with E-state index in [0.717, 1.165) is 12.1 Å². The molecule has 1 aliphatic rings. The van der Waals surface area contributed by atoms with Gasteiger partial charge in [-0.2, -0.15) is 18.3 Å². The van der Waals surface area contributed by atoms with Crippen molar-refractivity contribution in [3.05, 3.63) is 72.2 Å². The van der Waals surface area contributed by atoms with E-state index in [1.165, 1.54) is 23.2 Å². The first-order valence-corrected chi connectivity index (χ1v) is 9.78. The van der Waals surface area contributed by atoms with Crippen LogP contribution in [0.5, 0.6) is 0 Å². The molecule has 1 aliphatic heterocycles. The van der Waals surface area contributed by atoms with Gasteiger partial charge in [-0.25, -0.2) is 0 Å². The predicted molar refractivity (Wildman–Crippen MR) is 109 cm³/mol. The summed E-state index contributed by atoms with van der Waals surface area (Å²) in [7, 11) is 0. The van der Waals surface area contributed by atoms with Crippen molar-refractivity contribution in [2.24, 2.45) is 0 Å². The quantitative estimate of drug-likeness (QED) is 0.457. The minimum Gasteiger partial charge on any atom is -0.355 e. The molecule has 1 unspecified atom stereocenters. The van der Waals surface area contributed by atoms with Crippen molar-refractivity contribution in [2.45, 2.75) is 19.1 Å². The lowest BCUT2D eigenvalue weighted by atomic mass is 10.1. The van der Waals surface area contributed by atoms with Gasteiger partial charge in [-0.15, -0.1) is 0 Å². The number of halogens is 3. The third kappa shape index (κ3) is 3.33. The summed E-state index contributed by atoms with van der Waals surface area (Å²) in [5.74, 6) is -0.0344. The summed E-state index contributed by atoms with van der Waals surface area (Å²) in [5, 5.41) is 8.38. The summed E-state index contributed by atoms with van der Waals surface area (Å²) in [6, 6.07) is 11.4. The average molecular weight is 439 g/mol. The third-order valence-corrected chi connectivity index (χ3v) is 5.32. The standard InChI is InChI=1S/C22H16F3N5O2/c1-13-12-29(15-7-5-14(6-8-15)22(23,24)25)21(31)20-16(11-27-30(13)20)19-10-18(28-32-19)17-4-2-3-9-26-17/h2-11,13H,12H2,1H3. The Bertz CT molecular complexity index is 1280. The largest absolute Gasteiger partial charge is 0.416 e. The lowest BCUT2D eigenvalue weighted by molar-refractivity contribution is -0.137. The molecule has 0 radical (unpaired) electrons. The molecule has 0 spiro atoms. The molecule has 0 saturated carbocycles. The Morgan fingerprint density at radius 1 is 1.09 bits per heavy atom. The van der Waals surface area contributed by atoms with Crippen LogP contribution in [-0.4, -0.2) is 32.4 Å². The topological polar surface area (TPSA) is 77.1 Å². The second-order valence-electron chi connectivity index (χ2n) is 7.45. The van der Waals surface area contributed by atoms with Crippen LogP contribution < -0.4 is 4.90 Å². The second kappa shape index (κ2) is 7.33. The molecule has 1 atom stereocenters. The zero-order valence-electron chi connectivity index (χ0n) is 16.7. The molecule has 7 nitrogen and oxygen atoms in total. The van der Waals surface area contributed by atoms with Crippen LogP contribution in [0.1, 0.15) is 29.0 Å². The molecule has 0 saturated heterocycles. The van der Waals surface area contributed by atoms with Crippen LogP contribution in [0.2, 0.25) is 0 Å². The first-order valence-electron chi connectivity index (χ1n) is 9.78. The van der Waals surface area contributed by atoms with Crippen molar-refractivity contribution >= 4 is 11.6 Å². The van der Waals surface area contributed by atoms with Gasteiger partial charge in [0, 0.05) is 24.5 Å². The van der Waals surface area contributed by atoms with Crippen LogP contribution in [0.25, 0.3) is 22.7 Å². The van der Waals surface area contributed by atoms with Gasteiger partial charge in [-0.3, -0.25) is 14.5 Å². The fraction of sp³-hybridized carbons (Fsp3) is 0.182. The molecule has 0 N–H and O–H groups in total. The number of fused-ring (bicyclic) bond motifs is 1. The van der Waals surface area contributed by atoms with Crippen molar-refractivity contribution in [2.75, 3.05) is 11.4 Å². The maximum atomic E-state index is 13.3. The van der Waals surface area contributed by atoms with Gasteiger partial charge in [0.2, 0.25) is 0 Å². The number of benzene rings is 1. The van der Waals surface area contributed by atoms with Crippen LogP contribution in [-0.2, 0) is 6.18 Å². The van der Waals surface area contributed by atoms with E-state index in [9.17, 15) is 18.0 Å². The lowest BCUT2D eigenvalue weighted by Crippen LogP contribution is -2.42. The Hall–Kier alpha value is -3.95. The number of carbonyl (C=O) groups excluding carboxylic acids is 1. The van der Waals surface area contributed by atoms with E-state index in [1.807, 2.05) is 13.0 Å². The highest BCUT2D eigenvalue weighted by molar-refractivity contribution is 6.09. The van der Waals surface area contributed by atoms with Gasteiger partial charge < -0.3 is 9.42 Å². The number of carbonyl (C=O) groups is 1. The Kier molecular flexibility index (Phi) is 4.58. The molecule has 4 heterocycles. The molecule has 0 fully saturated rings. The minimum atomic E-state index is -4.44. The molecule has 3 aromatic heterocycles. The number of rotatable bonds is 3. The molecule has 0 aliphatic carbocycles. The molecular formula is C22H16F3N5O2. The van der Waals surface area contributed by atoms with E-state index in [0.29, 0.717) is 28.4 Å². The van der Waals surface area contributed by atoms with Crippen molar-refractivity contribution in [1.29, 1.82) is 0 Å². The summed E-state index contributed by atoms with van der Waals surface area (Å²) in [6.45, 7) is 2.15. The highest BCUT2D eigenvalue weighted by Crippen LogP contribution is 2.35. The normalized spacial score (nSPS) is 16.3. The maximum Gasteiger partial charge on any atom is 0.416 e. The van der Waals surface area contributed by atoms with Gasteiger partial charge in [0.15, 0.2) is 5.76 Å². The first kappa shape index (κ1) is 20.0. The minimum absolute atomic E-state index is 0.197. The number of amides is 1. The van der Waals surface area contributed by atoms with Gasteiger partial charge in [0.25, 0.3) is 5.91 Å². The lowest BCUT2D eigenvalue weighted by Gasteiger charge is -2.32. The van der Waals surface area contributed by atoms with Gasteiger partial charge in [0.1, 0.15) is 11.4 Å². The third-order valence-electron chi connectivity index (χ3n) is 5.32. The molecule has 10 heteroatoms. The Morgan fingerprint density at radius 2 is 1.88 bits per heavy atom. The average Bonchev–Trinajstić information content (AvgIpc) is 3.44. The first-order chi connectivity index (χ1) is 15.3. The van der Waals surface area contributed by atoms with Crippen LogP contribution in [0.3, 0.4) is 0 Å². The van der Waals surface area contributed by atoms with Crippen molar-refractivity contribution in [1.82, 2.24) is 19.9 Å². The zero-order chi connectivity index (χ0) is 22.5. The van der Waals surface area contributed by atoms with Crippen molar-refractivity contribution in [3.63, 3.8) is 0 Å². The van der Waals surface area contributed by atoms with Gasteiger partial charge >= 0.3 is 6.18 Å². The fourth-order valence-electron chi connectivity index (χ4n) is 3.73. The number of alkyl halides is 3. The molecule has 1 amide bonds. The Labute approximate surface area is 180 Å². The van der Waals surface area contributed by atoms with E-state index in [4.69, 9.17) is 4.52 Å². The Balaban J connectivity index is 1.51. The molecule has 5 rings (SSSR count). The van der Waals surface area contributed by atoms with E-state index < -0.39 is 11.7 Å². The monoisotopic (exact) mass is 439 g/mol. The molecule has 4 aromatic rings. The number of hydrogen-bond acceptors (Lipinski definition) is 5. The molecule has 32 heavy (non-hydrogen) atoms. The van der Waals surface area contributed by atoms with Crippen LogP contribution in [0.15, 0.2) is 65.4 Å². The number of hydrogen-bond donors (Lipinski definition) is 0. The Morgan fingerprint density at radius 3 is 2.56 bits per heavy atom. The van der Waals surface area contributed by atoms with Crippen LogP contribution in [0, 0.1) is 0 Å². The van der Waals surface area contributed by atoms with Gasteiger partial charge in [-0.05, 0) is 43.3 Å². The summed E-state index contributed by atoms with van der Waals surface area (Å²) < 4.78 is 45.8. The summed E-state index contributed by atoms with van der Waals surface area (Å²) in [4.78, 5) is 19.0. The van der Waals surface area contributed by atoms with E-state index in [1.54, 1.807) is 29.1 Å². The molecular weight excluding hydrogens is 423 g/mol. The molecule has 1 aromatic carbocycles. The smallest absolute Gasteiger partial charge is 0.355 e. The van der Waals surface area contributed by atoms with E-state index in [-0.39, 0.29) is 24.2 Å². The van der Waals surface area contributed by atoms with E-state index in [2.05, 4.69) is 15.2 Å².